The summed E-state index contributed by atoms with van der Waals surface area (Å²) >= 11 is 0. The van der Waals surface area contributed by atoms with E-state index in [1.165, 1.54) is 56.4 Å². The van der Waals surface area contributed by atoms with Crippen molar-refractivity contribution in [1.29, 1.82) is 0 Å². The number of aryl methyl sites for hydroxylation is 1. The number of anilines is 1. The molecule has 0 spiro atoms. The molecule has 1 aromatic carbocycles. The second-order valence-electron chi connectivity index (χ2n) is 8.40. The van der Waals surface area contributed by atoms with Crippen LogP contribution in [0, 0.1) is 0 Å². The standard InChI is InChI=1S/C23H35N7/c1-18(19-9-8-10-20(17-19)29-14-6-7-15-29)26-23(24-2)25-13-12-22-28-27-21-11-4-3-5-16-30(21)22/h8-10,17-18H,3-7,11-16H2,1-2H3,(H2,24,25,26). The van der Waals surface area contributed by atoms with Crippen LogP contribution in [-0.4, -0.2) is 47.4 Å². The number of guanidine groups is 1. The average molecular weight is 410 g/mol. The van der Waals surface area contributed by atoms with Gasteiger partial charge in [-0.05, 0) is 50.3 Å². The van der Waals surface area contributed by atoms with Crippen molar-refractivity contribution in [2.45, 2.75) is 64.5 Å². The van der Waals surface area contributed by atoms with Crippen molar-refractivity contribution in [3.8, 4) is 0 Å². The first-order chi connectivity index (χ1) is 14.7. The molecule has 1 unspecified atom stereocenters. The number of hydrogen-bond acceptors (Lipinski definition) is 4. The summed E-state index contributed by atoms with van der Waals surface area (Å²) < 4.78 is 2.32. The van der Waals surface area contributed by atoms with Gasteiger partial charge in [0.15, 0.2) is 5.96 Å². The zero-order valence-corrected chi connectivity index (χ0v) is 18.4. The second kappa shape index (κ2) is 9.96. The lowest BCUT2D eigenvalue weighted by molar-refractivity contribution is 0.599. The molecular weight excluding hydrogens is 374 g/mol. The van der Waals surface area contributed by atoms with Crippen LogP contribution in [0.4, 0.5) is 5.69 Å². The van der Waals surface area contributed by atoms with Crippen LogP contribution in [0.1, 0.15) is 62.3 Å². The van der Waals surface area contributed by atoms with Crippen molar-refractivity contribution in [3.05, 3.63) is 41.5 Å². The molecule has 2 aliphatic heterocycles. The van der Waals surface area contributed by atoms with Crippen LogP contribution in [0.25, 0.3) is 0 Å². The lowest BCUT2D eigenvalue weighted by atomic mass is 10.1. The molecule has 30 heavy (non-hydrogen) atoms. The summed E-state index contributed by atoms with van der Waals surface area (Å²) in [6, 6.07) is 9.06. The number of hydrogen-bond donors (Lipinski definition) is 2. The number of nitrogens with zero attached hydrogens (tertiary/aromatic N) is 5. The van der Waals surface area contributed by atoms with Crippen LogP contribution < -0.4 is 15.5 Å². The fourth-order valence-electron chi connectivity index (χ4n) is 4.47. The van der Waals surface area contributed by atoms with E-state index in [0.29, 0.717) is 0 Å². The molecule has 2 aromatic rings. The first kappa shape index (κ1) is 20.7. The Morgan fingerprint density at radius 1 is 1.10 bits per heavy atom. The number of nitrogens with one attached hydrogen (secondary N) is 2. The van der Waals surface area contributed by atoms with Crippen molar-refractivity contribution in [1.82, 2.24) is 25.4 Å². The molecule has 0 aliphatic carbocycles. The SMILES string of the molecule is CN=C(NCCc1nnc2n1CCCCC2)NC(C)c1cccc(N2CCCC2)c1. The van der Waals surface area contributed by atoms with Gasteiger partial charge in [-0.3, -0.25) is 4.99 Å². The Morgan fingerprint density at radius 3 is 2.77 bits per heavy atom. The van der Waals surface area contributed by atoms with E-state index < -0.39 is 0 Å². The molecule has 2 N–H and O–H groups in total. The lowest BCUT2D eigenvalue weighted by Gasteiger charge is -2.22. The molecule has 0 radical (unpaired) electrons. The third-order valence-corrected chi connectivity index (χ3v) is 6.25. The van der Waals surface area contributed by atoms with Gasteiger partial charge in [0.1, 0.15) is 11.6 Å². The van der Waals surface area contributed by atoms with Crippen LogP contribution in [0.3, 0.4) is 0 Å². The highest BCUT2D eigenvalue weighted by Crippen LogP contribution is 2.24. The smallest absolute Gasteiger partial charge is 0.191 e. The van der Waals surface area contributed by atoms with E-state index in [1.54, 1.807) is 0 Å². The molecule has 1 saturated heterocycles. The number of fused-ring (bicyclic) bond motifs is 1. The van der Waals surface area contributed by atoms with E-state index in [2.05, 4.69) is 66.5 Å². The van der Waals surface area contributed by atoms with Crippen LogP contribution >= 0.6 is 0 Å². The average Bonchev–Trinajstić information content (AvgIpc) is 3.38. The van der Waals surface area contributed by atoms with Crippen LogP contribution in [0.2, 0.25) is 0 Å². The van der Waals surface area contributed by atoms with Gasteiger partial charge in [-0.15, -0.1) is 10.2 Å². The highest BCUT2D eigenvalue weighted by molar-refractivity contribution is 5.80. The molecule has 1 aromatic heterocycles. The first-order valence-electron chi connectivity index (χ1n) is 11.5. The van der Waals surface area contributed by atoms with Crippen molar-refractivity contribution in [3.63, 3.8) is 0 Å². The maximum absolute atomic E-state index is 4.43. The number of aliphatic imine (C=N–C) groups is 1. The van der Waals surface area contributed by atoms with Gasteiger partial charge >= 0.3 is 0 Å². The van der Waals surface area contributed by atoms with Crippen LogP contribution in [0.5, 0.6) is 0 Å². The molecule has 162 valence electrons. The Bertz CT molecular complexity index is 851. The van der Waals surface area contributed by atoms with Gasteiger partial charge in [-0.2, -0.15) is 0 Å². The highest BCUT2D eigenvalue weighted by atomic mass is 15.3. The Kier molecular flexibility index (Phi) is 6.87. The quantitative estimate of drug-likeness (QED) is 0.567. The minimum Gasteiger partial charge on any atom is -0.372 e. The molecule has 0 saturated carbocycles. The fourth-order valence-corrected chi connectivity index (χ4v) is 4.47. The van der Waals surface area contributed by atoms with Crippen LogP contribution in [-0.2, 0) is 19.4 Å². The zero-order chi connectivity index (χ0) is 20.8. The minimum absolute atomic E-state index is 0.183. The maximum atomic E-state index is 4.43. The van der Waals surface area contributed by atoms with Crippen molar-refractivity contribution in [2.75, 3.05) is 31.6 Å². The van der Waals surface area contributed by atoms with Crippen molar-refractivity contribution >= 4 is 11.6 Å². The number of rotatable bonds is 6. The summed E-state index contributed by atoms with van der Waals surface area (Å²) in [5.41, 5.74) is 2.61. The predicted molar refractivity (Wildman–Crippen MR) is 122 cm³/mol. The number of aromatic nitrogens is 3. The van der Waals surface area contributed by atoms with E-state index in [-0.39, 0.29) is 6.04 Å². The molecular formula is C23H35N7. The van der Waals surface area contributed by atoms with Gasteiger partial charge in [0.05, 0.1) is 6.04 Å². The Labute approximate surface area is 180 Å². The zero-order valence-electron chi connectivity index (χ0n) is 18.4. The molecule has 7 heteroatoms. The van der Waals surface area contributed by atoms with Gasteiger partial charge in [0.25, 0.3) is 0 Å². The van der Waals surface area contributed by atoms with E-state index in [0.717, 1.165) is 43.5 Å². The second-order valence-corrected chi connectivity index (χ2v) is 8.40. The van der Waals surface area contributed by atoms with E-state index >= 15 is 0 Å². The molecule has 1 atom stereocenters. The number of benzene rings is 1. The molecule has 1 fully saturated rings. The topological polar surface area (TPSA) is 70.4 Å². The van der Waals surface area contributed by atoms with Gasteiger partial charge in [0.2, 0.25) is 0 Å². The summed E-state index contributed by atoms with van der Waals surface area (Å²) in [5, 5.41) is 15.8. The normalized spacial score (nSPS) is 18.1. The highest BCUT2D eigenvalue weighted by Gasteiger charge is 2.16. The van der Waals surface area contributed by atoms with E-state index in [1.807, 2.05) is 7.05 Å². The summed E-state index contributed by atoms with van der Waals surface area (Å²) in [4.78, 5) is 6.89. The molecule has 3 heterocycles. The first-order valence-corrected chi connectivity index (χ1v) is 11.5. The summed E-state index contributed by atoms with van der Waals surface area (Å²) in [6.07, 6.45) is 8.23. The fraction of sp³-hybridized carbons (Fsp3) is 0.609. The molecule has 0 bridgehead atoms. The summed E-state index contributed by atoms with van der Waals surface area (Å²) in [6.45, 7) is 6.36. The minimum atomic E-state index is 0.183. The third kappa shape index (κ3) is 4.94. The molecule has 7 nitrogen and oxygen atoms in total. The van der Waals surface area contributed by atoms with Gasteiger partial charge in [-0.1, -0.05) is 18.6 Å². The predicted octanol–water partition coefficient (Wildman–Crippen LogP) is 3.07. The maximum Gasteiger partial charge on any atom is 0.191 e. The van der Waals surface area contributed by atoms with Gasteiger partial charge in [-0.25, -0.2) is 0 Å². The van der Waals surface area contributed by atoms with Crippen LogP contribution in [0.15, 0.2) is 29.3 Å². The van der Waals surface area contributed by atoms with Crippen molar-refractivity contribution < 1.29 is 0 Å². The van der Waals surface area contributed by atoms with Crippen molar-refractivity contribution in [2.24, 2.45) is 4.99 Å². The lowest BCUT2D eigenvalue weighted by Crippen LogP contribution is -2.39. The molecule has 2 aliphatic rings. The van der Waals surface area contributed by atoms with E-state index in [4.69, 9.17) is 0 Å². The Morgan fingerprint density at radius 2 is 1.93 bits per heavy atom. The van der Waals surface area contributed by atoms with Gasteiger partial charge in [0, 0.05) is 51.8 Å². The summed E-state index contributed by atoms with van der Waals surface area (Å²) in [5.74, 6) is 3.06. The Hall–Kier alpha value is -2.57. The largest absolute Gasteiger partial charge is 0.372 e. The monoisotopic (exact) mass is 409 g/mol. The Balaban J connectivity index is 1.31. The molecule has 0 amide bonds. The van der Waals surface area contributed by atoms with Gasteiger partial charge < -0.3 is 20.1 Å². The molecule has 4 rings (SSSR count). The third-order valence-electron chi connectivity index (χ3n) is 6.25. The van der Waals surface area contributed by atoms with E-state index in [9.17, 15) is 0 Å². The summed E-state index contributed by atoms with van der Waals surface area (Å²) in [7, 11) is 1.83.